The molecule has 6 nitrogen and oxygen atoms in total. The lowest BCUT2D eigenvalue weighted by molar-refractivity contribution is -0.126. The second-order valence-corrected chi connectivity index (χ2v) is 6.42. The lowest BCUT2D eigenvalue weighted by Crippen LogP contribution is -2.30. The standard InChI is InChI=1S/C22H27NO5/c1-16(24)21(27-3)14-18-6-10-20(11-7-18)28-15-22(25)23-13-12-17-4-8-19(26-2)9-5-17/h4-11,21H,12-15H2,1-3H3,(H,23,25)/t21-/m0/s1. The van der Waals surface area contributed by atoms with Gasteiger partial charge in [-0.15, -0.1) is 0 Å². The van der Waals surface area contributed by atoms with Crippen LogP contribution in [0.1, 0.15) is 18.1 Å². The number of methoxy groups -OCH3 is 2. The number of rotatable bonds is 11. The highest BCUT2D eigenvalue weighted by Crippen LogP contribution is 2.14. The van der Waals surface area contributed by atoms with Gasteiger partial charge in [0.15, 0.2) is 12.4 Å². The molecule has 2 aromatic carbocycles. The zero-order valence-electron chi connectivity index (χ0n) is 16.6. The van der Waals surface area contributed by atoms with Crippen LogP contribution in [0.15, 0.2) is 48.5 Å². The molecule has 0 spiro atoms. The van der Waals surface area contributed by atoms with Gasteiger partial charge in [-0.2, -0.15) is 0 Å². The molecule has 6 heteroatoms. The minimum Gasteiger partial charge on any atom is -0.497 e. The van der Waals surface area contributed by atoms with Crippen LogP contribution in [0, 0.1) is 0 Å². The molecule has 1 N–H and O–H groups in total. The molecule has 0 aromatic heterocycles. The van der Waals surface area contributed by atoms with E-state index < -0.39 is 6.10 Å². The maximum atomic E-state index is 11.9. The molecule has 0 saturated carbocycles. The van der Waals surface area contributed by atoms with E-state index in [4.69, 9.17) is 14.2 Å². The van der Waals surface area contributed by atoms with Crippen molar-refractivity contribution < 1.29 is 23.8 Å². The second kappa shape index (κ2) is 11.1. The van der Waals surface area contributed by atoms with Gasteiger partial charge in [0, 0.05) is 20.1 Å². The maximum Gasteiger partial charge on any atom is 0.257 e. The average molecular weight is 385 g/mol. The molecule has 0 saturated heterocycles. The summed E-state index contributed by atoms with van der Waals surface area (Å²) in [6.45, 7) is 2.01. The van der Waals surface area contributed by atoms with Crippen LogP contribution in [-0.2, 0) is 27.2 Å². The van der Waals surface area contributed by atoms with Gasteiger partial charge in [-0.25, -0.2) is 0 Å². The number of hydrogen-bond acceptors (Lipinski definition) is 5. The molecule has 0 bridgehead atoms. The highest BCUT2D eigenvalue weighted by Gasteiger charge is 2.13. The van der Waals surface area contributed by atoms with Crippen molar-refractivity contribution in [2.75, 3.05) is 27.4 Å². The Kier molecular flexibility index (Phi) is 8.49. The summed E-state index contributed by atoms with van der Waals surface area (Å²) in [6.07, 6.45) is 0.808. The first-order chi connectivity index (χ1) is 13.5. The highest BCUT2D eigenvalue weighted by atomic mass is 16.5. The number of benzene rings is 2. The van der Waals surface area contributed by atoms with E-state index in [1.807, 2.05) is 36.4 Å². The van der Waals surface area contributed by atoms with Gasteiger partial charge in [0.2, 0.25) is 0 Å². The van der Waals surface area contributed by atoms with Gasteiger partial charge in [-0.1, -0.05) is 24.3 Å². The van der Waals surface area contributed by atoms with E-state index in [2.05, 4.69) is 5.32 Å². The maximum absolute atomic E-state index is 11.9. The molecule has 0 aliphatic carbocycles. The van der Waals surface area contributed by atoms with Gasteiger partial charge < -0.3 is 19.5 Å². The third-order valence-corrected chi connectivity index (χ3v) is 4.35. The Bertz CT molecular complexity index is 756. The predicted octanol–water partition coefficient (Wildman–Crippen LogP) is 2.58. The van der Waals surface area contributed by atoms with Crippen LogP contribution in [0.2, 0.25) is 0 Å². The first-order valence-electron chi connectivity index (χ1n) is 9.16. The molecule has 2 rings (SSSR count). The summed E-state index contributed by atoms with van der Waals surface area (Å²) >= 11 is 0. The average Bonchev–Trinajstić information content (AvgIpc) is 2.71. The summed E-state index contributed by atoms with van der Waals surface area (Å²) in [6, 6.07) is 15.0. The Hall–Kier alpha value is -2.86. The zero-order valence-corrected chi connectivity index (χ0v) is 16.6. The molecular formula is C22H27NO5. The van der Waals surface area contributed by atoms with E-state index in [1.54, 1.807) is 19.2 Å². The molecule has 0 fully saturated rings. The summed E-state index contributed by atoms with van der Waals surface area (Å²) in [5.74, 6) is 1.24. The Labute approximate surface area is 165 Å². The van der Waals surface area contributed by atoms with E-state index in [-0.39, 0.29) is 18.3 Å². The SMILES string of the molecule is COc1ccc(CCNC(=O)COc2ccc(C[C@H](OC)C(C)=O)cc2)cc1. The van der Waals surface area contributed by atoms with Crippen molar-refractivity contribution in [3.8, 4) is 11.5 Å². The number of Topliss-reactive ketones (excluding diaryl/α,β-unsaturated/α-hetero) is 1. The van der Waals surface area contributed by atoms with E-state index in [0.717, 1.165) is 23.3 Å². The number of carbonyl (C=O) groups is 2. The van der Waals surface area contributed by atoms with Crippen molar-refractivity contribution in [2.45, 2.75) is 25.9 Å². The second-order valence-electron chi connectivity index (χ2n) is 6.42. The summed E-state index contributed by atoms with van der Waals surface area (Å²) in [5, 5.41) is 2.84. The van der Waals surface area contributed by atoms with E-state index in [1.165, 1.54) is 14.0 Å². The molecule has 150 valence electrons. The number of ketones is 1. The van der Waals surface area contributed by atoms with Crippen LogP contribution in [0.4, 0.5) is 0 Å². The van der Waals surface area contributed by atoms with Crippen LogP contribution in [0.3, 0.4) is 0 Å². The molecule has 0 radical (unpaired) electrons. The monoisotopic (exact) mass is 385 g/mol. The van der Waals surface area contributed by atoms with Crippen molar-refractivity contribution in [1.82, 2.24) is 5.32 Å². The smallest absolute Gasteiger partial charge is 0.257 e. The molecule has 1 amide bonds. The minimum atomic E-state index is -0.441. The van der Waals surface area contributed by atoms with E-state index in [0.29, 0.717) is 18.7 Å². The van der Waals surface area contributed by atoms with Crippen molar-refractivity contribution in [3.63, 3.8) is 0 Å². The molecule has 2 aromatic rings. The summed E-state index contributed by atoms with van der Waals surface area (Å²) in [7, 11) is 3.15. The van der Waals surface area contributed by atoms with E-state index in [9.17, 15) is 9.59 Å². The Morgan fingerprint density at radius 2 is 1.54 bits per heavy atom. The molecule has 0 aliphatic heterocycles. The van der Waals surface area contributed by atoms with E-state index >= 15 is 0 Å². The fraction of sp³-hybridized carbons (Fsp3) is 0.364. The van der Waals surface area contributed by atoms with Gasteiger partial charge in [0.1, 0.15) is 17.6 Å². The van der Waals surface area contributed by atoms with Gasteiger partial charge in [0.05, 0.1) is 7.11 Å². The number of nitrogens with one attached hydrogen (secondary N) is 1. The predicted molar refractivity (Wildman–Crippen MR) is 107 cm³/mol. The van der Waals surface area contributed by atoms with Crippen molar-refractivity contribution >= 4 is 11.7 Å². The fourth-order valence-corrected chi connectivity index (χ4v) is 2.67. The topological polar surface area (TPSA) is 73.9 Å². The third kappa shape index (κ3) is 7.04. The highest BCUT2D eigenvalue weighted by molar-refractivity contribution is 5.80. The summed E-state index contributed by atoms with van der Waals surface area (Å²) < 4.78 is 15.8. The lowest BCUT2D eigenvalue weighted by Gasteiger charge is -2.12. The van der Waals surface area contributed by atoms with Gasteiger partial charge in [-0.3, -0.25) is 9.59 Å². The quantitative estimate of drug-likeness (QED) is 0.644. The Balaban J connectivity index is 1.71. The van der Waals surface area contributed by atoms with Gasteiger partial charge in [-0.05, 0) is 48.7 Å². The molecule has 1 atom stereocenters. The summed E-state index contributed by atoms with van der Waals surface area (Å²) in [5.41, 5.74) is 2.09. The molecule has 0 aliphatic rings. The van der Waals surface area contributed by atoms with Crippen molar-refractivity contribution in [1.29, 1.82) is 0 Å². The van der Waals surface area contributed by atoms with Crippen LogP contribution in [0.25, 0.3) is 0 Å². The zero-order chi connectivity index (χ0) is 20.4. The Morgan fingerprint density at radius 1 is 0.929 bits per heavy atom. The number of carbonyl (C=O) groups excluding carboxylic acids is 2. The third-order valence-electron chi connectivity index (χ3n) is 4.35. The molecule has 0 unspecified atom stereocenters. The van der Waals surface area contributed by atoms with Crippen LogP contribution < -0.4 is 14.8 Å². The number of hydrogen-bond donors (Lipinski definition) is 1. The van der Waals surface area contributed by atoms with Gasteiger partial charge >= 0.3 is 0 Å². The first-order valence-corrected chi connectivity index (χ1v) is 9.16. The summed E-state index contributed by atoms with van der Waals surface area (Å²) in [4.78, 5) is 23.4. The van der Waals surface area contributed by atoms with Gasteiger partial charge in [0.25, 0.3) is 5.91 Å². The fourth-order valence-electron chi connectivity index (χ4n) is 2.67. The molecule has 28 heavy (non-hydrogen) atoms. The van der Waals surface area contributed by atoms with Crippen LogP contribution in [-0.4, -0.2) is 45.2 Å². The van der Waals surface area contributed by atoms with Crippen molar-refractivity contribution in [3.05, 3.63) is 59.7 Å². The lowest BCUT2D eigenvalue weighted by atomic mass is 10.1. The number of amides is 1. The largest absolute Gasteiger partial charge is 0.497 e. The van der Waals surface area contributed by atoms with Crippen LogP contribution >= 0.6 is 0 Å². The molecular weight excluding hydrogens is 358 g/mol. The minimum absolute atomic E-state index is 0.00543. The van der Waals surface area contributed by atoms with Crippen molar-refractivity contribution in [2.24, 2.45) is 0 Å². The van der Waals surface area contributed by atoms with Crippen LogP contribution in [0.5, 0.6) is 11.5 Å². The normalized spacial score (nSPS) is 11.5. The first kappa shape index (κ1) is 21.4. The molecule has 0 heterocycles. The Morgan fingerprint density at radius 3 is 2.11 bits per heavy atom. The number of ether oxygens (including phenoxy) is 3.